The molecule has 0 fully saturated rings. The topological polar surface area (TPSA) is 55.3 Å². The minimum atomic E-state index is -0.126. The highest BCUT2D eigenvalue weighted by Crippen LogP contribution is 2.14. The van der Waals surface area contributed by atoms with Gasteiger partial charge < -0.3 is 9.64 Å². The van der Waals surface area contributed by atoms with Crippen LogP contribution in [0.4, 0.5) is 0 Å². The zero-order valence-electron chi connectivity index (χ0n) is 11.2. The van der Waals surface area contributed by atoms with Crippen LogP contribution in [0.15, 0.2) is 23.7 Å². The van der Waals surface area contributed by atoms with E-state index in [0.29, 0.717) is 24.0 Å². The van der Waals surface area contributed by atoms with E-state index in [0.717, 1.165) is 10.6 Å². The molecule has 0 aliphatic rings. The molecule has 7 heteroatoms. The quantitative estimate of drug-likeness (QED) is 0.797. The molecule has 0 aliphatic carbocycles. The van der Waals surface area contributed by atoms with Gasteiger partial charge in [0, 0.05) is 32.3 Å². The first kappa shape index (κ1) is 14.9. The summed E-state index contributed by atoms with van der Waals surface area (Å²) in [6.45, 7) is 0.878. The maximum absolute atomic E-state index is 12.2. The van der Waals surface area contributed by atoms with Crippen LogP contribution < -0.4 is 0 Å². The Morgan fingerprint density at radius 2 is 2.30 bits per heavy atom. The van der Waals surface area contributed by atoms with Crippen molar-refractivity contribution in [3.05, 3.63) is 45.1 Å². The van der Waals surface area contributed by atoms with Crippen LogP contribution in [0.25, 0.3) is 0 Å². The zero-order valence-corrected chi connectivity index (χ0v) is 12.7. The number of carbonyl (C=O) groups excluding carboxylic acids is 1. The Bertz CT molecular complexity index is 586. The lowest BCUT2D eigenvalue weighted by Crippen LogP contribution is -2.26. The van der Waals surface area contributed by atoms with Gasteiger partial charge in [0.1, 0.15) is 15.9 Å². The Hall–Kier alpha value is -1.50. The van der Waals surface area contributed by atoms with Crippen LogP contribution in [0.5, 0.6) is 0 Å². The van der Waals surface area contributed by atoms with Gasteiger partial charge >= 0.3 is 0 Å². The van der Waals surface area contributed by atoms with Gasteiger partial charge in [0.15, 0.2) is 0 Å². The molecule has 0 aliphatic heterocycles. The summed E-state index contributed by atoms with van der Waals surface area (Å²) in [4.78, 5) is 22.0. The van der Waals surface area contributed by atoms with Crippen LogP contribution in [-0.4, -0.2) is 34.9 Å². The van der Waals surface area contributed by atoms with Gasteiger partial charge in [0.2, 0.25) is 0 Å². The molecule has 0 radical (unpaired) electrons. The van der Waals surface area contributed by atoms with Gasteiger partial charge in [-0.3, -0.25) is 4.79 Å². The Balaban J connectivity index is 2.02. The minimum Gasteiger partial charge on any atom is -0.378 e. The first-order valence-corrected chi connectivity index (χ1v) is 7.15. The second-order valence-electron chi connectivity index (χ2n) is 4.21. The highest BCUT2D eigenvalue weighted by atomic mass is 35.5. The Labute approximate surface area is 126 Å². The third-order valence-corrected chi connectivity index (χ3v) is 3.64. The van der Waals surface area contributed by atoms with E-state index in [1.165, 1.54) is 11.3 Å². The van der Waals surface area contributed by atoms with Crippen molar-refractivity contribution in [2.24, 2.45) is 0 Å². The highest BCUT2D eigenvalue weighted by Gasteiger charge is 2.15. The molecule has 0 unspecified atom stereocenters. The van der Waals surface area contributed by atoms with Crippen LogP contribution in [0.1, 0.15) is 21.1 Å². The van der Waals surface area contributed by atoms with Crippen LogP contribution in [-0.2, 0) is 17.9 Å². The molecule has 20 heavy (non-hydrogen) atoms. The fraction of sp³-hybridized carbons (Fsp3) is 0.308. The summed E-state index contributed by atoms with van der Waals surface area (Å²) in [5.74, 6) is -0.126. The fourth-order valence-corrected chi connectivity index (χ4v) is 2.49. The lowest BCUT2D eigenvalue weighted by Gasteiger charge is -2.15. The summed E-state index contributed by atoms with van der Waals surface area (Å²) < 4.78 is 4.99. The van der Waals surface area contributed by atoms with Crippen molar-refractivity contribution >= 4 is 28.8 Å². The SMILES string of the molecule is COCc1nc(C(=O)N(C)Cc2ccc(Cl)nc2)cs1. The Kier molecular flexibility index (Phi) is 5.05. The molecule has 2 aromatic rings. The summed E-state index contributed by atoms with van der Waals surface area (Å²) in [5, 5.41) is 2.97. The maximum atomic E-state index is 12.2. The van der Waals surface area contributed by atoms with Gasteiger partial charge in [0.05, 0.1) is 6.61 Å². The molecule has 2 heterocycles. The first-order valence-electron chi connectivity index (χ1n) is 5.89. The highest BCUT2D eigenvalue weighted by molar-refractivity contribution is 7.09. The molecule has 0 aromatic carbocycles. The largest absolute Gasteiger partial charge is 0.378 e. The van der Waals surface area contributed by atoms with Gasteiger partial charge in [-0.1, -0.05) is 17.7 Å². The molecule has 0 N–H and O–H groups in total. The average molecular weight is 312 g/mol. The predicted molar refractivity (Wildman–Crippen MR) is 77.9 cm³/mol. The number of pyridine rings is 1. The van der Waals surface area contributed by atoms with Crippen LogP contribution in [0.2, 0.25) is 5.15 Å². The van der Waals surface area contributed by atoms with E-state index in [9.17, 15) is 4.79 Å². The van der Waals surface area contributed by atoms with Gasteiger partial charge in [-0.25, -0.2) is 9.97 Å². The number of hydrogen-bond donors (Lipinski definition) is 0. The van der Waals surface area contributed by atoms with Crippen LogP contribution in [0.3, 0.4) is 0 Å². The average Bonchev–Trinajstić information content (AvgIpc) is 2.89. The molecule has 2 rings (SSSR count). The number of ether oxygens (including phenoxy) is 1. The van der Waals surface area contributed by atoms with Gasteiger partial charge in [-0.15, -0.1) is 11.3 Å². The third kappa shape index (κ3) is 3.75. The molecule has 0 spiro atoms. The molecule has 0 bridgehead atoms. The van der Waals surface area contributed by atoms with E-state index in [-0.39, 0.29) is 5.91 Å². The zero-order chi connectivity index (χ0) is 14.5. The third-order valence-electron chi connectivity index (χ3n) is 2.59. The van der Waals surface area contributed by atoms with E-state index in [2.05, 4.69) is 9.97 Å². The van der Waals surface area contributed by atoms with Crippen molar-refractivity contribution in [1.82, 2.24) is 14.9 Å². The number of thiazole rings is 1. The van der Waals surface area contributed by atoms with Crippen molar-refractivity contribution in [2.45, 2.75) is 13.2 Å². The van der Waals surface area contributed by atoms with Crippen molar-refractivity contribution < 1.29 is 9.53 Å². The number of rotatable bonds is 5. The summed E-state index contributed by atoms with van der Waals surface area (Å²) in [6.07, 6.45) is 1.66. The monoisotopic (exact) mass is 311 g/mol. The standard InChI is InChI=1S/C13H14ClN3O2S/c1-17(6-9-3-4-11(14)15-5-9)13(18)10-8-20-12(16-10)7-19-2/h3-5,8H,6-7H2,1-2H3. The van der Waals surface area contributed by atoms with Crippen LogP contribution in [0, 0.1) is 0 Å². The maximum Gasteiger partial charge on any atom is 0.273 e. The van der Waals surface area contributed by atoms with E-state index in [4.69, 9.17) is 16.3 Å². The number of carbonyl (C=O) groups is 1. The number of amides is 1. The number of halogens is 1. The Morgan fingerprint density at radius 3 is 2.95 bits per heavy atom. The van der Waals surface area contributed by atoms with Crippen molar-refractivity contribution in [3.8, 4) is 0 Å². The molecule has 0 saturated heterocycles. The first-order chi connectivity index (χ1) is 9.60. The molecule has 106 valence electrons. The van der Waals surface area contributed by atoms with E-state index >= 15 is 0 Å². The lowest BCUT2D eigenvalue weighted by atomic mass is 10.2. The van der Waals surface area contributed by atoms with Gasteiger partial charge in [0.25, 0.3) is 5.91 Å². The number of methoxy groups -OCH3 is 1. The summed E-state index contributed by atoms with van der Waals surface area (Å²) in [7, 11) is 3.33. The van der Waals surface area contributed by atoms with Crippen molar-refractivity contribution in [3.63, 3.8) is 0 Å². The van der Waals surface area contributed by atoms with E-state index in [1.54, 1.807) is 36.7 Å². The summed E-state index contributed by atoms with van der Waals surface area (Å²) in [6, 6.07) is 3.55. The normalized spacial score (nSPS) is 10.6. The Morgan fingerprint density at radius 1 is 1.50 bits per heavy atom. The smallest absolute Gasteiger partial charge is 0.273 e. The molecule has 5 nitrogen and oxygen atoms in total. The van der Waals surface area contributed by atoms with Crippen molar-refractivity contribution in [1.29, 1.82) is 0 Å². The summed E-state index contributed by atoms with van der Waals surface area (Å²) >= 11 is 7.14. The molecule has 0 saturated carbocycles. The molecule has 0 atom stereocenters. The number of aromatic nitrogens is 2. The predicted octanol–water partition coefficient (Wildman–Crippen LogP) is 2.61. The lowest BCUT2D eigenvalue weighted by molar-refractivity contribution is 0.0779. The van der Waals surface area contributed by atoms with Crippen LogP contribution >= 0.6 is 22.9 Å². The van der Waals surface area contributed by atoms with Gasteiger partial charge in [-0.05, 0) is 11.6 Å². The van der Waals surface area contributed by atoms with E-state index in [1.807, 2.05) is 6.07 Å². The molecular formula is C13H14ClN3O2S. The second kappa shape index (κ2) is 6.78. The molecule has 2 aromatic heterocycles. The summed E-state index contributed by atoms with van der Waals surface area (Å²) in [5.41, 5.74) is 1.35. The number of nitrogens with zero attached hydrogens (tertiary/aromatic N) is 3. The second-order valence-corrected chi connectivity index (χ2v) is 5.54. The molecular weight excluding hydrogens is 298 g/mol. The van der Waals surface area contributed by atoms with Gasteiger partial charge in [-0.2, -0.15) is 0 Å². The van der Waals surface area contributed by atoms with Crippen molar-refractivity contribution in [2.75, 3.05) is 14.2 Å². The minimum absolute atomic E-state index is 0.126. The molecule has 1 amide bonds. The number of hydrogen-bond acceptors (Lipinski definition) is 5. The fourth-order valence-electron chi connectivity index (χ4n) is 1.64. The van der Waals surface area contributed by atoms with E-state index < -0.39 is 0 Å².